The van der Waals surface area contributed by atoms with E-state index < -0.39 is 0 Å². The summed E-state index contributed by atoms with van der Waals surface area (Å²) >= 11 is 1.58. The summed E-state index contributed by atoms with van der Waals surface area (Å²) in [6.45, 7) is 6.64. The second kappa shape index (κ2) is 6.02. The number of hydrogen-bond donors (Lipinski definition) is 2. The Morgan fingerprint density at radius 1 is 1.47 bits per heavy atom. The fourth-order valence-corrected chi connectivity index (χ4v) is 2.83. The molecule has 0 radical (unpaired) electrons. The van der Waals surface area contributed by atoms with E-state index in [-0.39, 0.29) is 11.9 Å². The topological polar surface area (TPSA) is 54.0 Å². The van der Waals surface area contributed by atoms with E-state index in [1.165, 1.54) is 0 Å². The second-order valence-corrected chi connectivity index (χ2v) is 5.63. The quantitative estimate of drug-likeness (QED) is 0.883. The third-order valence-electron chi connectivity index (χ3n) is 2.90. The molecule has 2 aromatic rings. The molecule has 0 bridgehead atoms. The van der Waals surface area contributed by atoms with Crippen molar-refractivity contribution in [1.29, 1.82) is 0 Å². The van der Waals surface area contributed by atoms with Gasteiger partial charge in [-0.25, -0.2) is 4.98 Å². The van der Waals surface area contributed by atoms with Crippen LogP contribution in [0, 0.1) is 6.92 Å². The zero-order valence-corrected chi connectivity index (χ0v) is 12.3. The maximum absolute atomic E-state index is 11.8. The number of benzene rings is 1. The number of para-hydroxylation sites is 1. The first-order valence-electron chi connectivity index (χ1n) is 6.52. The Morgan fingerprint density at radius 2 is 2.26 bits per heavy atom. The van der Waals surface area contributed by atoms with Gasteiger partial charge in [-0.3, -0.25) is 4.79 Å². The first kappa shape index (κ1) is 13.8. The fourth-order valence-electron chi connectivity index (χ4n) is 1.80. The van der Waals surface area contributed by atoms with Crippen LogP contribution in [0.25, 0.3) is 10.2 Å². The Morgan fingerprint density at radius 3 is 2.95 bits per heavy atom. The van der Waals surface area contributed by atoms with Gasteiger partial charge in [-0.1, -0.05) is 30.4 Å². The predicted octanol–water partition coefficient (Wildman–Crippen LogP) is 2.93. The van der Waals surface area contributed by atoms with Gasteiger partial charge in [-0.2, -0.15) is 0 Å². The smallest absolute Gasteiger partial charge is 0.242 e. The lowest BCUT2D eigenvalue weighted by Gasteiger charge is -2.12. The third kappa shape index (κ3) is 3.23. The summed E-state index contributed by atoms with van der Waals surface area (Å²) in [6.07, 6.45) is 0.943. The molecule has 0 saturated carbocycles. The number of carbonyl (C=O) groups excluding carboxylic acids is 1. The van der Waals surface area contributed by atoms with Crippen LogP contribution < -0.4 is 10.6 Å². The van der Waals surface area contributed by atoms with Gasteiger partial charge in [-0.15, -0.1) is 0 Å². The highest BCUT2D eigenvalue weighted by Crippen LogP contribution is 2.28. The SMILES string of the molecule is CCCNC(=O)C(C)Nc1nc2c(C)cccc2s1. The number of thiazole rings is 1. The maximum atomic E-state index is 11.8. The number of aryl methyl sites for hydroxylation is 1. The van der Waals surface area contributed by atoms with Crippen molar-refractivity contribution in [3.63, 3.8) is 0 Å². The lowest BCUT2D eigenvalue weighted by Crippen LogP contribution is -2.37. The molecular weight excluding hydrogens is 258 g/mol. The molecule has 19 heavy (non-hydrogen) atoms. The number of rotatable bonds is 5. The molecule has 2 rings (SSSR count). The molecule has 0 spiro atoms. The number of anilines is 1. The molecule has 1 aromatic carbocycles. The Bertz CT molecular complexity index is 579. The zero-order chi connectivity index (χ0) is 13.8. The first-order valence-corrected chi connectivity index (χ1v) is 7.34. The molecule has 1 aromatic heterocycles. The van der Waals surface area contributed by atoms with Crippen molar-refractivity contribution in [2.45, 2.75) is 33.2 Å². The van der Waals surface area contributed by atoms with Crippen molar-refractivity contribution in [1.82, 2.24) is 10.3 Å². The zero-order valence-electron chi connectivity index (χ0n) is 11.5. The van der Waals surface area contributed by atoms with Crippen LogP contribution in [0.4, 0.5) is 5.13 Å². The lowest BCUT2D eigenvalue weighted by molar-refractivity contribution is -0.121. The van der Waals surface area contributed by atoms with E-state index in [9.17, 15) is 4.79 Å². The summed E-state index contributed by atoms with van der Waals surface area (Å²) in [4.78, 5) is 16.3. The Kier molecular flexibility index (Phi) is 4.37. The highest BCUT2D eigenvalue weighted by atomic mass is 32.1. The van der Waals surface area contributed by atoms with Gasteiger partial charge in [0.2, 0.25) is 5.91 Å². The molecule has 1 unspecified atom stereocenters. The van der Waals surface area contributed by atoms with Crippen LogP contribution in [0.2, 0.25) is 0 Å². The van der Waals surface area contributed by atoms with E-state index in [2.05, 4.69) is 15.6 Å². The van der Waals surface area contributed by atoms with Crippen LogP contribution in [-0.4, -0.2) is 23.5 Å². The monoisotopic (exact) mass is 277 g/mol. The summed E-state index contributed by atoms with van der Waals surface area (Å²) in [7, 11) is 0. The molecule has 0 aliphatic carbocycles. The number of nitrogens with zero attached hydrogens (tertiary/aromatic N) is 1. The second-order valence-electron chi connectivity index (χ2n) is 4.60. The minimum atomic E-state index is -0.271. The van der Waals surface area contributed by atoms with E-state index in [0.717, 1.165) is 27.3 Å². The minimum absolute atomic E-state index is 0.0119. The van der Waals surface area contributed by atoms with Gasteiger partial charge in [0, 0.05) is 6.54 Å². The number of aromatic nitrogens is 1. The van der Waals surface area contributed by atoms with Crippen LogP contribution in [-0.2, 0) is 4.79 Å². The van der Waals surface area contributed by atoms with E-state index in [0.29, 0.717) is 6.54 Å². The molecule has 5 heteroatoms. The summed E-state index contributed by atoms with van der Waals surface area (Å²) < 4.78 is 1.14. The van der Waals surface area contributed by atoms with E-state index in [1.807, 2.05) is 39.0 Å². The summed E-state index contributed by atoms with van der Waals surface area (Å²) in [6, 6.07) is 5.85. The van der Waals surface area contributed by atoms with Crippen molar-refractivity contribution in [2.75, 3.05) is 11.9 Å². The molecule has 0 aliphatic heterocycles. The van der Waals surface area contributed by atoms with Crippen molar-refractivity contribution in [2.24, 2.45) is 0 Å². The van der Waals surface area contributed by atoms with Crippen molar-refractivity contribution in [3.05, 3.63) is 23.8 Å². The third-order valence-corrected chi connectivity index (χ3v) is 3.86. The maximum Gasteiger partial charge on any atom is 0.242 e. The van der Waals surface area contributed by atoms with Gasteiger partial charge >= 0.3 is 0 Å². The standard InChI is InChI=1S/C14H19N3OS/c1-4-8-15-13(18)10(3)16-14-17-12-9(2)6-5-7-11(12)19-14/h5-7,10H,4,8H2,1-3H3,(H,15,18)(H,16,17). The Hall–Kier alpha value is -1.62. The van der Waals surface area contributed by atoms with Crippen molar-refractivity contribution in [3.8, 4) is 0 Å². The number of amides is 1. The summed E-state index contributed by atoms with van der Waals surface area (Å²) in [5.74, 6) is 0.0119. The highest BCUT2D eigenvalue weighted by Gasteiger charge is 2.14. The molecule has 0 aliphatic rings. The molecule has 1 heterocycles. The number of hydrogen-bond acceptors (Lipinski definition) is 4. The van der Waals surface area contributed by atoms with E-state index >= 15 is 0 Å². The molecule has 0 saturated heterocycles. The first-order chi connectivity index (χ1) is 9.11. The predicted molar refractivity (Wildman–Crippen MR) is 80.7 cm³/mol. The van der Waals surface area contributed by atoms with Crippen LogP contribution in [0.5, 0.6) is 0 Å². The number of carbonyl (C=O) groups is 1. The molecular formula is C14H19N3OS. The van der Waals surface area contributed by atoms with Crippen molar-refractivity contribution >= 4 is 32.6 Å². The van der Waals surface area contributed by atoms with Gasteiger partial charge in [0.05, 0.1) is 10.2 Å². The Labute approximate surface area is 117 Å². The van der Waals surface area contributed by atoms with Gasteiger partial charge in [0.25, 0.3) is 0 Å². The fraction of sp³-hybridized carbons (Fsp3) is 0.429. The van der Waals surface area contributed by atoms with Gasteiger partial charge in [0.15, 0.2) is 5.13 Å². The average Bonchev–Trinajstić information content (AvgIpc) is 2.79. The molecule has 0 fully saturated rings. The minimum Gasteiger partial charge on any atom is -0.354 e. The molecule has 1 amide bonds. The molecule has 102 valence electrons. The van der Waals surface area contributed by atoms with E-state index in [1.54, 1.807) is 11.3 Å². The van der Waals surface area contributed by atoms with Crippen LogP contribution in [0.15, 0.2) is 18.2 Å². The summed E-state index contributed by atoms with van der Waals surface area (Å²) in [5.41, 5.74) is 2.17. The van der Waals surface area contributed by atoms with Crippen molar-refractivity contribution < 1.29 is 4.79 Å². The number of nitrogens with one attached hydrogen (secondary N) is 2. The molecule has 1 atom stereocenters. The lowest BCUT2D eigenvalue weighted by atomic mass is 10.2. The summed E-state index contributed by atoms with van der Waals surface area (Å²) in [5, 5.41) is 6.83. The van der Waals surface area contributed by atoms with E-state index in [4.69, 9.17) is 0 Å². The normalized spacial score (nSPS) is 12.4. The highest BCUT2D eigenvalue weighted by molar-refractivity contribution is 7.22. The van der Waals surface area contributed by atoms with Crippen LogP contribution in [0.1, 0.15) is 25.8 Å². The van der Waals surface area contributed by atoms with Crippen LogP contribution >= 0.6 is 11.3 Å². The molecule has 4 nitrogen and oxygen atoms in total. The van der Waals surface area contributed by atoms with Gasteiger partial charge in [0.1, 0.15) is 6.04 Å². The largest absolute Gasteiger partial charge is 0.354 e. The number of fused-ring (bicyclic) bond motifs is 1. The Balaban J connectivity index is 2.09. The molecule has 2 N–H and O–H groups in total. The van der Waals surface area contributed by atoms with Gasteiger partial charge in [-0.05, 0) is 31.9 Å². The van der Waals surface area contributed by atoms with Gasteiger partial charge < -0.3 is 10.6 Å². The average molecular weight is 277 g/mol. The van der Waals surface area contributed by atoms with Crippen LogP contribution in [0.3, 0.4) is 0 Å².